The van der Waals surface area contributed by atoms with Crippen LogP contribution in [0.15, 0.2) is 33.9 Å². The van der Waals surface area contributed by atoms with E-state index in [1.807, 2.05) is 6.07 Å². The summed E-state index contributed by atoms with van der Waals surface area (Å²) in [5.74, 6) is 0.592. The molecular weight excluding hydrogens is 338 g/mol. The Morgan fingerprint density at radius 3 is 3.08 bits per heavy atom. The third-order valence-corrected chi connectivity index (χ3v) is 5.76. The Morgan fingerprint density at radius 2 is 2.24 bits per heavy atom. The van der Waals surface area contributed by atoms with Gasteiger partial charge in [0.1, 0.15) is 10.6 Å². The van der Waals surface area contributed by atoms with Crippen LogP contribution in [-0.4, -0.2) is 15.5 Å². The SMILES string of the molecule is O=C(CCn1cnc2sc3c(c2c1=O)CCCC3)NCc1ccco1. The normalized spacial score (nSPS) is 13.8. The number of aryl methyl sites for hydroxylation is 3. The molecular formula is C18H19N3O3S. The molecule has 0 radical (unpaired) electrons. The highest BCUT2D eigenvalue weighted by Crippen LogP contribution is 2.33. The maximum Gasteiger partial charge on any atom is 0.262 e. The largest absolute Gasteiger partial charge is 0.467 e. The number of fused-ring (bicyclic) bond motifs is 3. The molecule has 0 spiro atoms. The van der Waals surface area contributed by atoms with Gasteiger partial charge in [0, 0.05) is 17.8 Å². The molecule has 7 heteroatoms. The van der Waals surface area contributed by atoms with Crippen molar-refractivity contribution >= 4 is 27.5 Å². The molecule has 0 aromatic carbocycles. The smallest absolute Gasteiger partial charge is 0.262 e. The highest BCUT2D eigenvalue weighted by Gasteiger charge is 2.20. The first-order chi connectivity index (χ1) is 12.2. The summed E-state index contributed by atoms with van der Waals surface area (Å²) >= 11 is 1.64. The van der Waals surface area contributed by atoms with Crippen LogP contribution in [0.25, 0.3) is 10.2 Å². The summed E-state index contributed by atoms with van der Waals surface area (Å²) in [5, 5.41) is 3.55. The number of hydrogen-bond donors (Lipinski definition) is 1. The van der Waals surface area contributed by atoms with E-state index >= 15 is 0 Å². The minimum absolute atomic E-state index is 0.0248. The van der Waals surface area contributed by atoms with Crippen LogP contribution in [0.3, 0.4) is 0 Å². The summed E-state index contributed by atoms with van der Waals surface area (Å²) in [6, 6.07) is 3.59. The molecule has 0 aliphatic heterocycles. The van der Waals surface area contributed by atoms with Crippen molar-refractivity contribution in [3.8, 4) is 0 Å². The molecule has 3 aromatic heterocycles. The fraction of sp³-hybridized carbons (Fsp3) is 0.389. The number of carbonyl (C=O) groups excluding carboxylic acids is 1. The monoisotopic (exact) mass is 357 g/mol. The summed E-state index contributed by atoms with van der Waals surface area (Å²) < 4.78 is 6.73. The number of nitrogens with one attached hydrogen (secondary N) is 1. The Balaban J connectivity index is 1.47. The van der Waals surface area contributed by atoms with E-state index in [9.17, 15) is 9.59 Å². The van der Waals surface area contributed by atoms with Crippen LogP contribution in [0.5, 0.6) is 0 Å². The van der Waals surface area contributed by atoms with Gasteiger partial charge in [-0.2, -0.15) is 0 Å². The first-order valence-electron chi connectivity index (χ1n) is 8.51. The van der Waals surface area contributed by atoms with Gasteiger partial charge < -0.3 is 9.73 Å². The van der Waals surface area contributed by atoms with E-state index in [0.29, 0.717) is 18.8 Å². The molecule has 6 nitrogen and oxygen atoms in total. The fourth-order valence-corrected chi connectivity index (χ4v) is 4.47. The lowest BCUT2D eigenvalue weighted by atomic mass is 9.97. The minimum Gasteiger partial charge on any atom is -0.467 e. The van der Waals surface area contributed by atoms with Gasteiger partial charge in [-0.3, -0.25) is 14.2 Å². The number of amides is 1. The average molecular weight is 357 g/mol. The molecule has 0 fully saturated rings. The van der Waals surface area contributed by atoms with E-state index in [1.165, 1.54) is 16.9 Å². The van der Waals surface area contributed by atoms with E-state index in [-0.39, 0.29) is 17.9 Å². The number of nitrogens with zero attached hydrogens (tertiary/aromatic N) is 2. The molecule has 1 amide bonds. The van der Waals surface area contributed by atoms with Crippen LogP contribution in [0.2, 0.25) is 0 Å². The number of carbonyl (C=O) groups is 1. The summed E-state index contributed by atoms with van der Waals surface area (Å²) in [7, 11) is 0. The molecule has 3 aromatic rings. The summed E-state index contributed by atoms with van der Waals surface area (Å²) in [4.78, 5) is 31.4. The predicted octanol–water partition coefficient (Wildman–Crippen LogP) is 2.64. The van der Waals surface area contributed by atoms with Crippen molar-refractivity contribution in [2.75, 3.05) is 0 Å². The number of thiophene rings is 1. The zero-order valence-electron chi connectivity index (χ0n) is 13.8. The van der Waals surface area contributed by atoms with Crippen LogP contribution in [0.4, 0.5) is 0 Å². The van der Waals surface area contributed by atoms with Crippen LogP contribution in [0, 0.1) is 0 Å². The van der Waals surface area contributed by atoms with E-state index in [1.54, 1.807) is 34.6 Å². The van der Waals surface area contributed by atoms with Gasteiger partial charge in [0.05, 0.1) is 24.5 Å². The van der Waals surface area contributed by atoms with Crippen molar-refractivity contribution in [1.29, 1.82) is 0 Å². The van der Waals surface area contributed by atoms with Gasteiger partial charge >= 0.3 is 0 Å². The van der Waals surface area contributed by atoms with Crippen molar-refractivity contribution in [3.05, 3.63) is 51.3 Å². The Hall–Kier alpha value is -2.41. The maximum atomic E-state index is 12.8. The Bertz CT molecular complexity index is 956. The van der Waals surface area contributed by atoms with E-state index in [2.05, 4.69) is 10.3 Å². The molecule has 1 N–H and O–H groups in total. The quantitative estimate of drug-likeness (QED) is 0.761. The Morgan fingerprint density at radius 1 is 1.36 bits per heavy atom. The molecule has 0 saturated carbocycles. The van der Waals surface area contributed by atoms with Gasteiger partial charge in [-0.1, -0.05) is 0 Å². The van der Waals surface area contributed by atoms with Crippen LogP contribution >= 0.6 is 11.3 Å². The molecule has 130 valence electrons. The second-order valence-corrected chi connectivity index (χ2v) is 7.32. The molecule has 0 bridgehead atoms. The second-order valence-electron chi connectivity index (χ2n) is 6.24. The van der Waals surface area contributed by atoms with Gasteiger partial charge in [-0.25, -0.2) is 4.98 Å². The minimum atomic E-state index is -0.115. The summed E-state index contributed by atoms with van der Waals surface area (Å²) in [6.45, 7) is 0.687. The van der Waals surface area contributed by atoms with Crippen molar-refractivity contribution in [2.24, 2.45) is 0 Å². The summed E-state index contributed by atoms with van der Waals surface area (Å²) in [5.41, 5.74) is 1.16. The first kappa shape index (κ1) is 16.1. The predicted molar refractivity (Wildman–Crippen MR) is 95.7 cm³/mol. The third-order valence-electron chi connectivity index (χ3n) is 4.56. The van der Waals surface area contributed by atoms with Gasteiger partial charge in [0.15, 0.2) is 0 Å². The Labute approximate surface area is 148 Å². The average Bonchev–Trinajstić information content (AvgIpc) is 3.26. The number of rotatable bonds is 5. The molecule has 0 unspecified atom stereocenters. The lowest BCUT2D eigenvalue weighted by Gasteiger charge is -2.10. The molecule has 3 heterocycles. The zero-order valence-corrected chi connectivity index (χ0v) is 14.6. The fourth-order valence-electron chi connectivity index (χ4n) is 3.25. The molecule has 0 saturated heterocycles. The second kappa shape index (κ2) is 6.84. The number of hydrogen-bond acceptors (Lipinski definition) is 5. The van der Waals surface area contributed by atoms with Crippen molar-refractivity contribution < 1.29 is 9.21 Å². The molecule has 4 rings (SSSR count). The van der Waals surface area contributed by atoms with Gasteiger partial charge in [-0.15, -0.1) is 11.3 Å². The third kappa shape index (κ3) is 3.24. The molecule has 1 aliphatic rings. The lowest BCUT2D eigenvalue weighted by molar-refractivity contribution is -0.121. The van der Waals surface area contributed by atoms with Crippen molar-refractivity contribution in [1.82, 2.24) is 14.9 Å². The molecule has 0 atom stereocenters. The van der Waals surface area contributed by atoms with Crippen LogP contribution in [-0.2, 0) is 30.7 Å². The molecule has 1 aliphatic carbocycles. The van der Waals surface area contributed by atoms with E-state index < -0.39 is 0 Å². The summed E-state index contributed by atoms with van der Waals surface area (Å²) in [6.07, 6.45) is 7.69. The van der Waals surface area contributed by atoms with Gasteiger partial charge in [0.2, 0.25) is 5.91 Å². The number of aromatic nitrogens is 2. The maximum absolute atomic E-state index is 12.8. The van der Waals surface area contributed by atoms with E-state index in [4.69, 9.17) is 4.42 Å². The van der Waals surface area contributed by atoms with Gasteiger partial charge in [0.25, 0.3) is 5.56 Å². The van der Waals surface area contributed by atoms with Crippen LogP contribution < -0.4 is 10.9 Å². The first-order valence-corrected chi connectivity index (χ1v) is 9.33. The van der Waals surface area contributed by atoms with Crippen molar-refractivity contribution in [2.45, 2.75) is 45.2 Å². The molecule has 25 heavy (non-hydrogen) atoms. The zero-order chi connectivity index (χ0) is 17.2. The standard InChI is InChI=1S/C18H19N3O3S/c22-15(19-10-12-4-3-9-24-12)7-8-21-11-20-17-16(18(21)23)13-5-1-2-6-14(13)25-17/h3-4,9,11H,1-2,5-8,10H2,(H,19,22). The van der Waals surface area contributed by atoms with Gasteiger partial charge in [-0.05, 0) is 43.4 Å². The van der Waals surface area contributed by atoms with Crippen molar-refractivity contribution in [3.63, 3.8) is 0 Å². The number of furan rings is 1. The highest BCUT2D eigenvalue weighted by molar-refractivity contribution is 7.18. The topological polar surface area (TPSA) is 77.1 Å². The highest BCUT2D eigenvalue weighted by atomic mass is 32.1. The van der Waals surface area contributed by atoms with E-state index in [0.717, 1.165) is 29.5 Å². The Kier molecular flexibility index (Phi) is 4.40. The lowest BCUT2D eigenvalue weighted by Crippen LogP contribution is -2.27. The van der Waals surface area contributed by atoms with Crippen LogP contribution in [0.1, 0.15) is 35.5 Å².